The number of carbonyl (C=O) groups excluding carboxylic acids is 2. The van der Waals surface area contributed by atoms with Gasteiger partial charge in [-0.2, -0.15) is 13.2 Å². The van der Waals surface area contributed by atoms with Gasteiger partial charge in [0.15, 0.2) is 35.0 Å². The minimum absolute atomic E-state index is 0.0589. The van der Waals surface area contributed by atoms with Crippen molar-refractivity contribution in [3.05, 3.63) is 59.3 Å². The van der Waals surface area contributed by atoms with E-state index in [1.54, 1.807) is 27.7 Å². The molecule has 0 amide bonds. The zero-order valence-electron chi connectivity index (χ0n) is 23.4. The molecule has 7 atom stereocenters. The normalized spacial score (nSPS) is 33.0. The molecule has 2 saturated heterocycles. The fraction of sp³-hybridized carbons (Fsp3) is 0.586. The van der Waals surface area contributed by atoms with Crippen LogP contribution in [0.4, 0.5) is 13.2 Å². The number of benzene rings is 1. The molecule has 0 aromatic heterocycles. The van der Waals surface area contributed by atoms with Crippen LogP contribution >= 0.6 is 11.6 Å². The van der Waals surface area contributed by atoms with Crippen molar-refractivity contribution >= 4 is 23.4 Å². The summed E-state index contributed by atoms with van der Waals surface area (Å²) in [7, 11) is 0. The lowest BCUT2D eigenvalue weighted by molar-refractivity contribution is -0.328. The van der Waals surface area contributed by atoms with E-state index in [0.29, 0.717) is 0 Å². The van der Waals surface area contributed by atoms with E-state index < -0.39 is 78.0 Å². The van der Waals surface area contributed by atoms with Crippen molar-refractivity contribution in [1.29, 1.82) is 0 Å². The molecule has 13 heteroatoms. The number of ether oxygens (including phenoxy) is 7. The molecule has 7 unspecified atom stereocenters. The lowest BCUT2D eigenvalue weighted by Crippen LogP contribution is -2.62. The SMILES string of the molecule is CC1(C)OCC2OC(C(CC(=O)c3ccc(Cl)cc3)(C(=O)OC3C=COC4COC(C)(C)OC34)C(F)(F)F)C=CC2O1. The molecular weight excluding hydrogens is 585 g/mol. The fourth-order valence-electron chi connectivity index (χ4n) is 5.36. The molecule has 0 bridgehead atoms. The van der Waals surface area contributed by atoms with Crippen LogP contribution in [0.2, 0.25) is 5.02 Å². The largest absolute Gasteiger partial charge is 0.493 e. The third-order valence-electron chi connectivity index (χ3n) is 7.61. The number of Topliss-reactive ketones (excluding diaryl/α,β-unsaturated/α-hetero) is 1. The lowest BCUT2D eigenvalue weighted by atomic mass is 9.74. The first-order chi connectivity index (χ1) is 19.6. The predicted octanol–water partition coefficient (Wildman–Crippen LogP) is 4.91. The Morgan fingerprint density at radius 1 is 0.952 bits per heavy atom. The van der Waals surface area contributed by atoms with Gasteiger partial charge < -0.3 is 33.2 Å². The van der Waals surface area contributed by atoms with Crippen LogP contribution in [0.1, 0.15) is 44.5 Å². The maximum Gasteiger partial charge on any atom is 0.408 e. The van der Waals surface area contributed by atoms with Gasteiger partial charge in [0.05, 0.1) is 19.5 Å². The molecular formula is C29H32ClF3O9. The van der Waals surface area contributed by atoms with Crippen LogP contribution in [0.5, 0.6) is 0 Å². The molecule has 230 valence electrons. The monoisotopic (exact) mass is 616 g/mol. The standard InChI is InChI=1S/C29H32ClF3O9/c1-26(2)37-14-21-19(41-26)9-10-23(39-21)28(29(31,32)33,13-18(34)16-5-7-17(30)8-6-16)25(35)40-20-11-12-36-22-15-38-27(3,4)42-24(20)22/h5-12,19-24H,13-15H2,1-4H3. The molecule has 2 fully saturated rings. The van der Waals surface area contributed by atoms with E-state index in [0.717, 1.165) is 6.08 Å². The van der Waals surface area contributed by atoms with Crippen LogP contribution < -0.4 is 0 Å². The van der Waals surface area contributed by atoms with Crippen molar-refractivity contribution in [1.82, 2.24) is 0 Å². The second kappa shape index (κ2) is 11.2. The van der Waals surface area contributed by atoms with E-state index in [1.165, 1.54) is 42.7 Å². The second-order valence-corrected chi connectivity index (χ2v) is 12.0. The highest BCUT2D eigenvalue weighted by Crippen LogP contribution is 2.50. The Labute approximate surface area is 245 Å². The quantitative estimate of drug-likeness (QED) is 0.251. The second-order valence-electron chi connectivity index (χ2n) is 11.5. The summed E-state index contributed by atoms with van der Waals surface area (Å²) in [5.74, 6) is -4.76. The highest BCUT2D eigenvalue weighted by atomic mass is 35.5. The van der Waals surface area contributed by atoms with Crippen LogP contribution in [0.3, 0.4) is 0 Å². The van der Waals surface area contributed by atoms with Crippen LogP contribution in [0.25, 0.3) is 0 Å². The summed E-state index contributed by atoms with van der Waals surface area (Å²) in [6.07, 6.45) is -8.19. The highest BCUT2D eigenvalue weighted by Gasteiger charge is 2.68. The highest BCUT2D eigenvalue weighted by molar-refractivity contribution is 6.30. The summed E-state index contributed by atoms with van der Waals surface area (Å²) in [6.45, 7) is 6.54. The summed E-state index contributed by atoms with van der Waals surface area (Å²) in [5.41, 5.74) is -3.51. The smallest absolute Gasteiger partial charge is 0.408 e. The Morgan fingerprint density at radius 2 is 1.60 bits per heavy atom. The Bertz CT molecular complexity index is 1250. The molecule has 1 aromatic rings. The zero-order chi connectivity index (χ0) is 30.5. The van der Waals surface area contributed by atoms with E-state index >= 15 is 13.2 Å². The molecule has 0 aliphatic carbocycles. The number of fused-ring (bicyclic) bond motifs is 2. The van der Waals surface area contributed by atoms with Gasteiger partial charge in [-0.1, -0.05) is 23.8 Å². The number of esters is 1. The summed E-state index contributed by atoms with van der Waals surface area (Å²) >= 11 is 5.91. The third-order valence-corrected chi connectivity index (χ3v) is 7.86. The fourth-order valence-corrected chi connectivity index (χ4v) is 5.48. The summed E-state index contributed by atoms with van der Waals surface area (Å²) < 4.78 is 85.8. The van der Waals surface area contributed by atoms with Crippen LogP contribution in [0, 0.1) is 5.41 Å². The number of halogens is 4. The average Bonchev–Trinajstić information content (AvgIpc) is 2.90. The van der Waals surface area contributed by atoms with Gasteiger partial charge in [0.1, 0.15) is 24.4 Å². The Hall–Kier alpha value is -2.48. The van der Waals surface area contributed by atoms with Crippen molar-refractivity contribution in [3.63, 3.8) is 0 Å². The summed E-state index contributed by atoms with van der Waals surface area (Å²) in [4.78, 5) is 27.3. The molecule has 0 radical (unpaired) electrons. The minimum atomic E-state index is -5.30. The number of hydrogen-bond donors (Lipinski definition) is 0. The van der Waals surface area contributed by atoms with Crippen molar-refractivity contribution < 1.29 is 55.9 Å². The average molecular weight is 617 g/mol. The van der Waals surface area contributed by atoms with Crippen molar-refractivity contribution in [3.8, 4) is 0 Å². The maximum atomic E-state index is 15.4. The van der Waals surface area contributed by atoms with Gasteiger partial charge in [0.25, 0.3) is 0 Å². The van der Waals surface area contributed by atoms with E-state index in [9.17, 15) is 9.59 Å². The van der Waals surface area contributed by atoms with Crippen molar-refractivity contribution in [2.24, 2.45) is 5.41 Å². The Kier molecular flexibility index (Phi) is 8.27. The first-order valence-electron chi connectivity index (χ1n) is 13.5. The van der Waals surface area contributed by atoms with E-state index in [2.05, 4.69) is 0 Å². The Morgan fingerprint density at radius 3 is 2.26 bits per heavy atom. The number of alkyl halides is 3. The Balaban J connectivity index is 1.52. The first kappa shape index (κ1) is 31.0. The molecule has 0 spiro atoms. The molecule has 4 aliphatic rings. The summed E-state index contributed by atoms with van der Waals surface area (Å²) in [6, 6.07) is 5.33. The predicted molar refractivity (Wildman–Crippen MR) is 140 cm³/mol. The first-order valence-corrected chi connectivity index (χ1v) is 13.8. The van der Waals surface area contributed by atoms with Gasteiger partial charge in [0, 0.05) is 17.0 Å². The van der Waals surface area contributed by atoms with Gasteiger partial charge in [0.2, 0.25) is 0 Å². The van der Waals surface area contributed by atoms with Gasteiger partial charge in [-0.05, 0) is 58.0 Å². The molecule has 1 aromatic carbocycles. The minimum Gasteiger partial charge on any atom is -0.493 e. The van der Waals surface area contributed by atoms with Crippen molar-refractivity contribution in [2.45, 2.75) is 88.5 Å². The van der Waals surface area contributed by atoms with Crippen LogP contribution in [0.15, 0.2) is 48.8 Å². The van der Waals surface area contributed by atoms with Gasteiger partial charge >= 0.3 is 12.1 Å². The topological polar surface area (TPSA) is 98.8 Å². The molecule has 4 heterocycles. The number of hydrogen-bond acceptors (Lipinski definition) is 9. The maximum absolute atomic E-state index is 15.4. The van der Waals surface area contributed by atoms with Gasteiger partial charge in [-0.3, -0.25) is 9.59 Å². The summed E-state index contributed by atoms with van der Waals surface area (Å²) in [5, 5.41) is 0.290. The number of rotatable bonds is 6. The molecule has 0 N–H and O–H groups in total. The van der Waals surface area contributed by atoms with E-state index in [1.807, 2.05) is 0 Å². The number of ketones is 1. The van der Waals surface area contributed by atoms with Crippen molar-refractivity contribution in [2.75, 3.05) is 13.2 Å². The van der Waals surface area contributed by atoms with Crippen LogP contribution in [-0.4, -0.2) is 79.3 Å². The molecule has 4 aliphatic heterocycles. The van der Waals surface area contributed by atoms with Crippen LogP contribution in [-0.2, 0) is 38.0 Å². The number of carbonyl (C=O) groups is 2. The molecule has 42 heavy (non-hydrogen) atoms. The molecule has 0 saturated carbocycles. The van der Waals surface area contributed by atoms with Gasteiger partial charge in [-0.15, -0.1) is 0 Å². The van der Waals surface area contributed by atoms with Gasteiger partial charge in [-0.25, -0.2) is 0 Å². The molecule has 5 rings (SSSR count). The van der Waals surface area contributed by atoms with E-state index in [4.69, 9.17) is 44.8 Å². The molecule has 9 nitrogen and oxygen atoms in total. The van der Waals surface area contributed by atoms with E-state index in [-0.39, 0.29) is 23.8 Å². The zero-order valence-corrected chi connectivity index (χ0v) is 24.1. The third kappa shape index (κ3) is 6.11. The lowest BCUT2D eigenvalue weighted by Gasteiger charge is -2.47.